The highest BCUT2D eigenvalue weighted by molar-refractivity contribution is 6.31. The third-order valence-corrected chi connectivity index (χ3v) is 10.1. The molecule has 0 unspecified atom stereocenters. The topological polar surface area (TPSA) is 189 Å². The number of ketones is 1. The molecule has 12 nitrogen and oxygen atoms in total. The van der Waals surface area contributed by atoms with E-state index < -0.39 is 23.4 Å². The Kier molecular flexibility index (Phi) is 14.9. The number of hydrogen-bond donors (Lipinski definition) is 3. The Hall–Kier alpha value is -6.81. The summed E-state index contributed by atoms with van der Waals surface area (Å²) in [4.78, 5) is 47.5. The lowest BCUT2D eigenvalue weighted by atomic mass is 9.98. The first-order chi connectivity index (χ1) is 29.8. The van der Waals surface area contributed by atoms with Gasteiger partial charge in [0.2, 0.25) is 0 Å². The SMILES string of the molecule is Nc1ccc(F)c(Cl)c1.O/N=C(\Cc1ccc(F)c(Cl)c1)c1ccnc2c1CC=N2.O=C(Cc1ccc(F)c(Cl)c1)c1ccnc2c1CC=N2.O=C(O)c1ccnc2c1CC=N2. The Morgan fingerprint density at radius 1 is 0.597 bits per heavy atom. The number of oxime groups is 1. The van der Waals surface area contributed by atoms with E-state index in [2.05, 4.69) is 35.1 Å². The maximum absolute atomic E-state index is 13.2. The van der Waals surface area contributed by atoms with Gasteiger partial charge in [0.1, 0.15) is 17.5 Å². The quantitative estimate of drug-likeness (QED) is 0.0464. The summed E-state index contributed by atoms with van der Waals surface area (Å²) in [5.74, 6) is -0.572. The molecule has 9 rings (SSSR count). The Morgan fingerprint density at radius 3 is 1.47 bits per heavy atom. The molecule has 3 aromatic carbocycles. The van der Waals surface area contributed by atoms with Crippen LogP contribution < -0.4 is 5.73 Å². The van der Waals surface area contributed by atoms with Gasteiger partial charge >= 0.3 is 5.97 Å². The first-order valence-corrected chi connectivity index (χ1v) is 19.5. The number of fused-ring (bicyclic) bond motifs is 3. The number of pyridine rings is 3. The van der Waals surface area contributed by atoms with Crippen LogP contribution in [0.25, 0.3) is 0 Å². The molecule has 0 aliphatic carbocycles. The summed E-state index contributed by atoms with van der Waals surface area (Å²) in [6, 6.07) is 17.8. The molecule has 0 atom stereocenters. The Morgan fingerprint density at radius 2 is 1.02 bits per heavy atom. The number of benzene rings is 3. The zero-order valence-corrected chi connectivity index (χ0v) is 34.4. The van der Waals surface area contributed by atoms with Gasteiger partial charge in [-0.3, -0.25) is 4.79 Å². The number of carboxylic acid groups (broad SMARTS) is 1. The third kappa shape index (κ3) is 11.1. The maximum Gasteiger partial charge on any atom is 0.336 e. The van der Waals surface area contributed by atoms with Crippen molar-refractivity contribution in [3.8, 4) is 0 Å². The van der Waals surface area contributed by atoms with E-state index in [1.807, 2.05) is 0 Å². The van der Waals surface area contributed by atoms with Gasteiger partial charge in [0.05, 0.1) is 26.3 Å². The number of nitrogens with zero attached hydrogens (tertiary/aromatic N) is 7. The smallest absolute Gasteiger partial charge is 0.336 e. The van der Waals surface area contributed by atoms with E-state index in [4.69, 9.17) is 45.6 Å². The fourth-order valence-electron chi connectivity index (χ4n) is 6.25. The van der Waals surface area contributed by atoms with Crippen LogP contribution in [-0.2, 0) is 32.1 Å². The predicted octanol–water partition coefficient (Wildman–Crippen LogP) is 10.2. The monoisotopic (exact) mass is 898 g/mol. The summed E-state index contributed by atoms with van der Waals surface area (Å²) in [5.41, 5.74) is 11.9. The van der Waals surface area contributed by atoms with Crippen molar-refractivity contribution < 1.29 is 33.1 Å². The van der Waals surface area contributed by atoms with Crippen LogP contribution in [0.15, 0.2) is 112 Å². The fourth-order valence-corrected chi connectivity index (χ4v) is 6.85. The number of nitrogen functional groups attached to an aromatic ring is 1. The maximum atomic E-state index is 13.2. The number of carbonyl (C=O) groups is 2. The predicted molar refractivity (Wildman–Crippen MR) is 234 cm³/mol. The number of Topliss-reactive ketones (excluding diaryl/α,β-unsaturated/α-hetero) is 1. The van der Waals surface area contributed by atoms with Crippen LogP contribution >= 0.6 is 34.8 Å². The highest BCUT2D eigenvalue weighted by atomic mass is 35.5. The summed E-state index contributed by atoms with van der Waals surface area (Å²) in [5, 5.41) is 21.6. The lowest BCUT2D eigenvalue weighted by Crippen LogP contribution is -2.09. The molecule has 3 aromatic heterocycles. The van der Waals surface area contributed by atoms with Crippen LogP contribution in [0.4, 0.5) is 36.3 Å². The van der Waals surface area contributed by atoms with E-state index in [1.165, 1.54) is 54.7 Å². The minimum atomic E-state index is -0.917. The van der Waals surface area contributed by atoms with Crippen LogP contribution in [0.3, 0.4) is 0 Å². The molecular formula is C44H32Cl3F3N8O4. The van der Waals surface area contributed by atoms with Crippen molar-refractivity contribution in [2.75, 3.05) is 5.73 Å². The van der Waals surface area contributed by atoms with Crippen molar-refractivity contribution >= 4 is 94.1 Å². The Labute approximate surface area is 367 Å². The number of carbonyl (C=O) groups excluding carboxylic acids is 1. The van der Waals surface area contributed by atoms with Crippen molar-refractivity contribution in [3.05, 3.63) is 168 Å². The molecule has 0 fully saturated rings. The second kappa shape index (κ2) is 20.6. The van der Waals surface area contributed by atoms with Gasteiger partial charge in [-0.15, -0.1) is 0 Å². The second-order valence-corrected chi connectivity index (χ2v) is 14.6. The van der Waals surface area contributed by atoms with E-state index in [1.54, 1.807) is 55.3 Å². The molecule has 18 heteroatoms. The largest absolute Gasteiger partial charge is 0.478 e. The summed E-state index contributed by atoms with van der Waals surface area (Å²) in [6.07, 6.45) is 12.2. The van der Waals surface area contributed by atoms with E-state index in [-0.39, 0.29) is 27.3 Å². The van der Waals surface area contributed by atoms with Crippen LogP contribution in [0.1, 0.15) is 54.1 Å². The van der Waals surface area contributed by atoms with E-state index in [0.717, 1.165) is 22.3 Å². The van der Waals surface area contributed by atoms with Gasteiger partial charge < -0.3 is 16.0 Å². The number of carboxylic acids is 1. The van der Waals surface area contributed by atoms with Crippen LogP contribution in [-0.4, -0.2) is 61.4 Å². The number of aromatic nitrogens is 3. The van der Waals surface area contributed by atoms with Crippen molar-refractivity contribution in [2.24, 2.45) is 20.1 Å². The number of anilines is 1. The molecule has 62 heavy (non-hydrogen) atoms. The minimum Gasteiger partial charge on any atom is -0.478 e. The zero-order valence-electron chi connectivity index (χ0n) is 32.1. The highest BCUT2D eigenvalue weighted by Crippen LogP contribution is 2.28. The van der Waals surface area contributed by atoms with Gasteiger partial charge in [-0.25, -0.2) is 47.9 Å². The van der Waals surface area contributed by atoms with Gasteiger partial charge in [-0.1, -0.05) is 52.1 Å². The number of aromatic carboxylic acids is 1. The van der Waals surface area contributed by atoms with Crippen LogP contribution in [0.2, 0.25) is 15.1 Å². The standard InChI is InChI=1S/C15H11ClFN3O.C15H10ClFN2O.C8H6N2O2.C6H5ClFN/c16-12-7-9(1-2-13(12)17)8-14(20-21)10-3-5-18-15-11(10)4-6-19-15;16-12-7-9(1-2-13(12)17)8-14(20)10-3-5-18-15-11(10)4-6-19-15;11-8(12)6-2-4-10-7-5(6)1-3-9-7;7-5-3-4(9)1-2-6(5)8/h1-3,5-7,21H,4,8H2;1-3,5-7H,4,8H2;2-4H,1H2,(H,11,12);1-3H,9H2/b20-14+;;;. The number of aliphatic imine (C=N–C) groups is 3. The molecule has 0 saturated carbocycles. The molecule has 4 N–H and O–H groups in total. The minimum absolute atomic E-state index is 0.0265. The molecule has 6 aromatic rings. The summed E-state index contributed by atoms with van der Waals surface area (Å²) in [7, 11) is 0. The molecule has 0 radical (unpaired) electrons. The van der Waals surface area contributed by atoms with Gasteiger partial charge in [-0.05, 0) is 71.8 Å². The van der Waals surface area contributed by atoms with Crippen molar-refractivity contribution in [2.45, 2.75) is 32.1 Å². The fraction of sp³-hybridized carbons (Fsp3) is 0.114. The molecule has 0 bridgehead atoms. The highest BCUT2D eigenvalue weighted by Gasteiger charge is 2.20. The third-order valence-electron chi connectivity index (χ3n) is 9.24. The lowest BCUT2D eigenvalue weighted by molar-refractivity contribution is 0.0695. The number of nitrogens with two attached hydrogens (primary N) is 1. The lowest BCUT2D eigenvalue weighted by Gasteiger charge is -2.09. The van der Waals surface area contributed by atoms with E-state index in [9.17, 15) is 28.0 Å². The number of hydrogen-bond acceptors (Lipinski definition) is 11. The summed E-state index contributed by atoms with van der Waals surface area (Å²) >= 11 is 16.9. The molecule has 3 aliphatic heterocycles. The zero-order chi connectivity index (χ0) is 44.3. The molecule has 0 spiro atoms. The van der Waals surface area contributed by atoms with Crippen LogP contribution in [0, 0.1) is 17.5 Å². The number of halogens is 6. The van der Waals surface area contributed by atoms with Crippen LogP contribution in [0.5, 0.6) is 0 Å². The van der Waals surface area contributed by atoms with Gasteiger partial charge in [0, 0.05) is 103 Å². The summed E-state index contributed by atoms with van der Waals surface area (Å²) < 4.78 is 38.6. The molecule has 3 aliphatic rings. The van der Waals surface area contributed by atoms with Gasteiger partial charge in [-0.2, -0.15) is 0 Å². The molecular weight excluding hydrogens is 868 g/mol. The molecule has 0 saturated heterocycles. The Balaban J connectivity index is 0.000000145. The van der Waals surface area contributed by atoms with Gasteiger partial charge in [0.25, 0.3) is 0 Å². The Bertz CT molecular complexity index is 2800. The van der Waals surface area contributed by atoms with Crippen molar-refractivity contribution in [1.29, 1.82) is 0 Å². The van der Waals surface area contributed by atoms with Crippen molar-refractivity contribution in [1.82, 2.24) is 15.0 Å². The number of rotatable bonds is 7. The molecule has 314 valence electrons. The van der Waals surface area contributed by atoms with E-state index >= 15 is 0 Å². The van der Waals surface area contributed by atoms with Crippen molar-refractivity contribution in [3.63, 3.8) is 0 Å². The normalized spacial score (nSPS) is 12.5. The molecule has 6 heterocycles. The second-order valence-electron chi connectivity index (χ2n) is 13.3. The first-order valence-electron chi connectivity index (χ1n) is 18.4. The van der Waals surface area contributed by atoms with Gasteiger partial charge in [0.15, 0.2) is 23.2 Å². The average Bonchev–Trinajstić information content (AvgIpc) is 4.06. The first kappa shape index (κ1) is 44.7. The average molecular weight is 900 g/mol. The van der Waals surface area contributed by atoms with E-state index in [0.29, 0.717) is 76.8 Å². The molecule has 0 amide bonds. The summed E-state index contributed by atoms with van der Waals surface area (Å²) in [6.45, 7) is 0.